The number of carbonyl (C=O) groups is 1. The Morgan fingerprint density at radius 2 is 2.06 bits per heavy atom. The van der Waals surface area contributed by atoms with Crippen molar-refractivity contribution in [1.82, 2.24) is 0 Å². The van der Waals surface area contributed by atoms with Gasteiger partial charge >= 0.3 is 0 Å². The summed E-state index contributed by atoms with van der Waals surface area (Å²) in [6, 6.07) is 2.38. The minimum Gasteiger partial charge on any atom is -0.489 e. The van der Waals surface area contributed by atoms with Crippen LogP contribution in [0, 0.1) is 11.7 Å². The Kier molecular flexibility index (Phi) is 4.94. The van der Waals surface area contributed by atoms with Crippen molar-refractivity contribution in [1.29, 1.82) is 0 Å². The van der Waals surface area contributed by atoms with Gasteiger partial charge in [-0.15, -0.1) is 0 Å². The lowest BCUT2D eigenvalue weighted by atomic mass is 10.2. The van der Waals surface area contributed by atoms with Crippen LogP contribution in [0.1, 0.15) is 31.1 Å². The first-order valence-corrected chi connectivity index (χ1v) is 5.62. The lowest BCUT2D eigenvalue weighted by Gasteiger charge is -2.14. The molecule has 17 heavy (non-hydrogen) atoms. The summed E-state index contributed by atoms with van der Waals surface area (Å²) in [5, 5.41) is 0. The second kappa shape index (κ2) is 6.23. The van der Waals surface area contributed by atoms with Gasteiger partial charge in [-0.1, -0.05) is 13.8 Å². The highest BCUT2D eigenvalue weighted by Gasteiger charge is 2.13. The van der Waals surface area contributed by atoms with Gasteiger partial charge in [0.2, 0.25) is 0 Å². The number of aldehydes is 1. The van der Waals surface area contributed by atoms with E-state index in [1.165, 1.54) is 6.07 Å². The Morgan fingerprint density at radius 3 is 2.59 bits per heavy atom. The van der Waals surface area contributed by atoms with Gasteiger partial charge in [0.05, 0.1) is 18.8 Å². The molecule has 0 unspecified atom stereocenters. The van der Waals surface area contributed by atoms with E-state index in [4.69, 9.17) is 9.47 Å². The summed E-state index contributed by atoms with van der Waals surface area (Å²) in [6.45, 7) is 6.61. The van der Waals surface area contributed by atoms with Crippen LogP contribution in [0.15, 0.2) is 12.1 Å². The molecule has 94 valence electrons. The molecule has 0 aliphatic heterocycles. The Balaban J connectivity index is 3.06. The van der Waals surface area contributed by atoms with E-state index in [1.807, 2.05) is 13.8 Å². The van der Waals surface area contributed by atoms with Gasteiger partial charge in [-0.25, -0.2) is 4.39 Å². The molecule has 4 heteroatoms. The maximum absolute atomic E-state index is 13.3. The molecule has 0 aromatic heterocycles. The quantitative estimate of drug-likeness (QED) is 0.717. The van der Waals surface area contributed by atoms with E-state index in [2.05, 4.69) is 0 Å². The Bertz CT molecular complexity index is 388. The molecule has 0 bridgehead atoms. The predicted molar refractivity (Wildman–Crippen MR) is 63.3 cm³/mol. The van der Waals surface area contributed by atoms with Gasteiger partial charge in [0.15, 0.2) is 17.8 Å². The van der Waals surface area contributed by atoms with Gasteiger partial charge in [-0.2, -0.15) is 0 Å². The van der Waals surface area contributed by atoms with Crippen LogP contribution in [-0.4, -0.2) is 19.5 Å². The number of benzene rings is 1. The van der Waals surface area contributed by atoms with Crippen LogP contribution < -0.4 is 9.47 Å². The third-order valence-corrected chi connectivity index (χ3v) is 2.04. The van der Waals surface area contributed by atoms with Crippen LogP contribution in [0.4, 0.5) is 4.39 Å². The second-order valence-electron chi connectivity index (χ2n) is 4.08. The van der Waals surface area contributed by atoms with E-state index in [9.17, 15) is 9.18 Å². The maximum atomic E-state index is 13.3. The van der Waals surface area contributed by atoms with Crippen LogP contribution in [0.5, 0.6) is 11.5 Å². The highest BCUT2D eigenvalue weighted by molar-refractivity contribution is 5.81. The van der Waals surface area contributed by atoms with Crippen LogP contribution in [0.2, 0.25) is 0 Å². The predicted octanol–water partition coefficient (Wildman–Crippen LogP) is 3.07. The monoisotopic (exact) mass is 240 g/mol. The number of hydrogen-bond donors (Lipinski definition) is 0. The SMILES string of the molecule is CCOc1c(C=O)cc(F)cc1OCC(C)C. The number of halogens is 1. The molecule has 0 radical (unpaired) electrons. The molecular weight excluding hydrogens is 223 g/mol. The molecule has 3 nitrogen and oxygen atoms in total. The van der Waals surface area contributed by atoms with Crippen LogP contribution >= 0.6 is 0 Å². The lowest BCUT2D eigenvalue weighted by molar-refractivity contribution is 0.111. The number of carbonyl (C=O) groups excluding carboxylic acids is 1. The molecule has 0 amide bonds. The summed E-state index contributed by atoms with van der Waals surface area (Å²) < 4.78 is 24.0. The first-order valence-electron chi connectivity index (χ1n) is 5.62. The Hall–Kier alpha value is -1.58. The van der Waals surface area contributed by atoms with Crippen LogP contribution in [0.25, 0.3) is 0 Å². The molecule has 1 aromatic carbocycles. The van der Waals surface area contributed by atoms with Crippen molar-refractivity contribution >= 4 is 6.29 Å². The van der Waals surface area contributed by atoms with Gasteiger partial charge in [-0.3, -0.25) is 4.79 Å². The summed E-state index contributed by atoms with van der Waals surface area (Å²) in [6.07, 6.45) is 0.566. The minimum absolute atomic E-state index is 0.172. The van der Waals surface area contributed by atoms with Crippen molar-refractivity contribution in [2.75, 3.05) is 13.2 Å². The van der Waals surface area contributed by atoms with Crippen molar-refractivity contribution in [3.63, 3.8) is 0 Å². The van der Waals surface area contributed by atoms with E-state index in [0.717, 1.165) is 6.07 Å². The molecule has 0 saturated heterocycles. The highest BCUT2D eigenvalue weighted by Crippen LogP contribution is 2.32. The van der Waals surface area contributed by atoms with E-state index >= 15 is 0 Å². The smallest absolute Gasteiger partial charge is 0.171 e. The largest absolute Gasteiger partial charge is 0.489 e. The van der Waals surface area contributed by atoms with E-state index in [1.54, 1.807) is 6.92 Å². The number of ether oxygens (including phenoxy) is 2. The summed E-state index contributed by atoms with van der Waals surface area (Å²) in [4.78, 5) is 10.8. The molecule has 0 N–H and O–H groups in total. The molecule has 0 aliphatic rings. The molecule has 0 saturated carbocycles. The van der Waals surface area contributed by atoms with E-state index < -0.39 is 5.82 Å². The van der Waals surface area contributed by atoms with Crippen LogP contribution in [-0.2, 0) is 0 Å². The zero-order valence-electron chi connectivity index (χ0n) is 10.3. The third-order valence-electron chi connectivity index (χ3n) is 2.04. The fourth-order valence-corrected chi connectivity index (χ4v) is 1.34. The third kappa shape index (κ3) is 3.73. The fraction of sp³-hybridized carbons (Fsp3) is 0.462. The molecule has 0 heterocycles. The summed E-state index contributed by atoms with van der Waals surface area (Å²) >= 11 is 0. The molecule has 1 aromatic rings. The summed E-state index contributed by atoms with van der Waals surface area (Å²) in [5.74, 6) is 0.397. The fourth-order valence-electron chi connectivity index (χ4n) is 1.34. The second-order valence-corrected chi connectivity index (χ2v) is 4.08. The van der Waals surface area contributed by atoms with Gasteiger partial charge < -0.3 is 9.47 Å². The zero-order valence-corrected chi connectivity index (χ0v) is 10.3. The first kappa shape index (κ1) is 13.5. The van der Waals surface area contributed by atoms with Crippen molar-refractivity contribution in [2.45, 2.75) is 20.8 Å². The van der Waals surface area contributed by atoms with Gasteiger partial charge in [0.1, 0.15) is 5.82 Å². The topological polar surface area (TPSA) is 35.5 Å². The van der Waals surface area contributed by atoms with Gasteiger partial charge in [0.25, 0.3) is 0 Å². The number of hydrogen-bond acceptors (Lipinski definition) is 3. The van der Waals surface area contributed by atoms with Crippen LogP contribution in [0.3, 0.4) is 0 Å². The van der Waals surface area contributed by atoms with Gasteiger partial charge in [0, 0.05) is 6.07 Å². The molecule has 0 spiro atoms. The Morgan fingerprint density at radius 1 is 1.35 bits per heavy atom. The van der Waals surface area contributed by atoms with E-state index in [0.29, 0.717) is 31.2 Å². The summed E-state index contributed by atoms with van der Waals surface area (Å²) in [5.41, 5.74) is 0.172. The molecule has 0 fully saturated rings. The normalized spacial score (nSPS) is 10.4. The molecular formula is C13H17FO3. The number of rotatable bonds is 6. The minimum atomic E-state index is -0.505. The van der Waals surface area contributed by atoms with E-state index in [-0.39, 0.29) is 11.3 Å². The zero-order chi connectivity index (χ0) is 12.8. The first-order chi connectivity index (χ1) is 8.08. The molecule has 1 rings (SSSR count). The van der Waals surface area contributed by atoms with Gasteiger partial charge in [-0.05, 0) is 18.9 Å². The average molecular weight is 240 g/mol. The molecule has 0 aliphatic carbocycles. The highest BCUT2D eigenvalue weighted by atomic mass is 19.1. The van der Waals surface area contributed by atoms with Crippen molar-refractivity contribution in [3.05, 3.63) is 23.5 Å². The average Bonchev–Trinajstić information content (AvgIpc) is 2.28. The van der Waals surface area contributed by atoms with Crippen molar-refractivity contribution < 1.29 is 18.7 Å². The van der Waals surface area contributed by atoms with Crippen molar-refractivity contribution in [2.24, 2.45) is 5.92 Å². The lowest BCUT2D eigenvalue weighted by Crippen LogP contribution is -2.07. The standard InChI is InChI=1S/C13H17FO3/c1-4-16-13-10(7-15)5-11(14)6-12(13)17-8-9(2)3/h5-7,9H,4,8H2,1-3H3. The Labute approximate surface area is 101 Å². The maximum Gasteiger partial charge on any atom is 0.171 e. The van der Waals surface area contributed by atoms with Crippen molar-refractivity contribution in [3.8, 4) is 11.5 Å². The molecule has 0 atom stereocenters. The summed E-state index contributed by atoms with van der Waals surface area (Å²) in [7, 11) is 0.